The predicted octanol–water partition coefficient (Wildman–Crippen LogP) is 2.36. The van der Waals surface area contributed by atoms with Crippen molar-refractivity contribution in [3.63, 3.8) is 0 Å². The van der Waals surface area contributed by atoms with Crippen LogP contribution in [0.2, 0.25) is 0 Å². The van der Waals surface area contributed by atoms with E-state index in [1.807, 2.05) is 26.8 Å². The molecular weight excluding hydrogens is 501 g/mol. The van der Waals surface area contributed by atoms with Gasteiger partial charge in [0.15, 0.2) is 11.8 Å². The van der Waals surface area contributed by atoms with E-state index in [-0.39, 0.29) is 30.1 Å². The first kappa shape index (κ1) is 24.5. The largest absolute Gasteiger partial charge is 0.371 e. The van der Waals surface area contributed by atoms with Gasteiger partial charge in [-0.05, 0) is 27.7 Å². The molecule has 1 saturated heterocycles. The van der Waals surface area contributed by atoms with E-state index in [1.54, 1.807) is 0 Å². The number of guanidine groups is 1. The van der Waals surface area contributed by atoms with Crippen molar-refractivity contribution >= 4 is 29.9 Å². The van der Waals surface area contributed by atoms with Gasteiger partial charge in [-0.1, -0.05) is 10.3 Å². The molecule has 1 atom stereocenters. The molecule has 168 valence electrons. The summed E-state index contributed by atoms with van der Waals surface area (Å²) in [7, 11) is 0. The van der Waals surface area contributed by atoms with Gasteiger partial charge in [0.25, 0.3) is 0 Å². The van der Waals surface area contributed by atoms with Gasteiger partial charge in [0.1, 0.15) is 18.4 Å². The third-order valence-corrected chi connectivity index (χ3v) is 4.70. The van der Waals surface area contributed by atoms with Gasteiger partial charge in [0.2, 0.25) is 5.89 Å². The Labute approximate surface area is 194 Å². The van der Waals surface area contributed by atoms with Crippen molar-refractivity contribution in [2.45, 2.75) is 46.9 Å². The Morgan fingerprint density at radius 3 is 2.63 bits per heavy atom. The molecule has 2 aromatic rings. The Morgan fingerprint density at radius 2 is 2.00 bits per heavy atom. The van der Waals surface area contributed by atoms with Crippen LogP contribution >= 0.6 is 24.0 Å². The minimum Gasteiger partial charge on any atom is -0.371 e. The van der Waals surface area contributed by atoms with E-state index in [2.05, 4.69) is 42.3 Å². The first-order valence-corrected chi connectivity index (χ1v) is 10.2. The van der Waals surface area contributed by atoms with Gasteiger partial charge in [-0.2, -0.15) is 4.98 Å². The number of nitrogens with one attached hydrogen (secondary N) is 1. The van der Waals surface area contributed by atoms with Gasteiger partial charge < -0.3 is 24.0 Å². The average molecular weight is 533 g/mol. The molecule has 0 saturated carbocycles. The zero-order chi connectivity index (χ0) is 20.6. The third-order valence-electron chi connectivity index (χ3n) is 4.70. The second-order valence-corrected chi connectivity index (χ2v) is 7.01. The molecule has 3 heterocycles. The first-order chi connectivity index (χ1) is 14.1. The van der Waals surface area contributed by atoms with Crippen molar-refractivity contribution in [3.05, 3.63) is 29.2 Å². The summed E-state index contributed by atoms with van der Waals surface area (Å²) in [5, 5.41) is 11.4. The smallest absolute Gasteiger partial charge is 0.248 e. The summed E-state index contributed by atoms with van der Waals surface area (Å²) in [4.78, 5) is 13.7. The lowest BCUT2D eigenvalue weighted by molar-refractivity contribution is 0.0683. The number of hydrogen-bond acceptors (Lipinski definition) is 8. The quantitative estimate of drug-likeness (QED) is 0.311. The van der Waals surface area contributed by atoms with Crippen molar-refractivity contribution in [3.8, 4) is 0 Å². The van der Waals surface area contributed by atoms with Crippen LogP contribution in [0.25, 0.3) is 0 Å². The monoisotopic (exact) mass is 533 g/mol. The number of piperazine rings is 1. The van der Waals surface area contributed by atoms with Gasteiger partial charge in [0, 0.05) is 51.9 Å². The van der Waals surface area contributed by atoms with E-state index in [4.69, 9.17) is 13.8 Å². The zero-order valence-corrected chi connectivity index (χ0v) is 20.5. The Balaban J connectivity index is 0.00000320. The molecule has 0 spiro atoms. The molecule has 1 fully saturated rings. The fourth-order valence-corrected chi connectivity index (χ4v) is 3.23. The molecule has 2 aromatic heterocycles. The van der Waals surface area contributed by atoms with E-state index in [0.717, 1.165) is 56.7 Å². The van der Waals surface area contributed by atoms with Crippen molar-refractivity contribution in [2.75, 3.05) is 39.3 Å². The molecule has 0 aliphatic carbocycles. The Hall–Kier alpha value is -1.73. The van der Waals surface area contributed by atoms with Gasteiger partial charge in [0.05, 0.1) is 5.69 Å². The number of aliphatic imine (C=N–C) groups is 1. The highest BCUT2D eigenvalue weighted by Gasteiger charge is 2.21. The third kappa shape index (κ3) is 6.91. The molecule has 1 aliphatic rings. The van der Waals surface area contributed by atoms with Crippen LogP contribution in [0.3, 0.4) is 0 Å². The summed E-state index contributed by atoms with van der Waals surface area (Å²) >= 11 is 0. The summed E-state index contributed by atoms with van der Waals surface area (Å²) in [6.07, 6.45) is -0.184. The number of aryl methyl sites for hydroxylation is 1. The standard InChI is InChI=1S/C19H31N7O3.HI/c1-5-20-19(21-12-17-22-18(24-29-17)15(4)27-6-2)26-9-7-25(8-10-26)13-16-11-14(3)28-23-16;/h11,15H,5-10,12-13H2,1-4H3,(H,20,21);1H. The lowest BCUT2D eigenvalue weighted by Crippen LogP contribution is -2.52. The van der Waals surface area contributed by atoms with Gasteiger partial charge in [-0.15, -0.1) is 24.0 Å². The molecule has 1 unspecified atom stereocenters. The summed E-state index contributed by atoms with van der Waals surface area (Å²) in [6, 6.07) is 1.99. The fraction of sp³-hybridized carbons (Fsp3) is 0.684. The highest BCUT2D eigenvalue weighted by Crippen LogP contribution is 2.13. The molecule has 11 heteroatoms. The van der Waals surface area contributed by atoms with Crippen molar-refractivity contribution in [2.24, 2.45) is 4.99 Å². The number of ether oxygens (including phenoxy) is 1. The molecular formula is C19H32IN7O3. The number of hydrogen-bond donors (Lipinski definition) is 1. The number of rotatable bonds is 8. The molecule has 10 nitrogen and oxygen atoms in total. The number of aromatic nitrogens is 3. The molecule has 0 radical (unpaired) electrons. The molecule has 0 aromatic carbocycles. The van der Waals surface area contributed by atoms with E-state index in [1.165, 1.54) is 0 Å². The Morgan fingerprint density at radius 1 is 1.23 bits per heavy atom. The highest BCUT2D eigenvalue weighted by molar-refractivity contribution is 14.0. The summed E-state index contributed by atoms with van der Waals surface area (Å²) in [5.41, 5.74) is 0.977. The van der Waals surface area contributed by atoms with Crippen LogP contribution in [-0.4, -0.2) is 70.4 Å². The summed E-state index contributed by atoms with van der Waals surface area (Å²) < 4.78 is 16.0. The topological polar surface area (TPSA) is 105 Å². The van der Waals surface area contributed by atoms with Crippen LogP contribution in [0.4, 0.5) is 0 Å². The van der Waals surface area contributed by atoms with E-state index >= 15 is 0 Å². The summed E-state index contributed by atoms with van der Waals surface area (Å²) in [5.74, 6) is 2.75. The van der Waals surface area contributed by atoms with Crippen LogP contribution in [0.5, 0.6) is 0 Å². The zero-order valence-electron chi connectivity index (χ0n) is 18.1. The number of halogens is 1. The first-order valence-electron chi connectivity index (χ1n) is 10.2. The average Bonchev–Trinajstić information content (AvgIpc) is 3.35. The highest BCUT2D eigenvalue weighted by atomic mass is 127. The SMILES string of the molecule is CCNC(=NCc1nc(C(C)OCC)no1)N1CCN(Cc2cc(C)on2)CC1.I. The van der Waals surface area contributed by atoms with Crippen LogP contribution in [0, 0.1) is 6.92 Å². The second kappa shape index (κ2) is 12.2. The minimum atomic E-state index is -0.184. The lowest BCUT2D eigenvalue weighted by Gasteiger charge is -2.36. The minimum absolute atomic E-state index is 0. The molecule has 3 rings (SSSR count). The maximum atomic E-state index is 5.50. The van der Waals surface area contributed by atoms with Crippen LogP contribution in [0.1, 0.15) is 50.0 Å². The lowest BCUT2D eigenvalue weighted by atomic mass is 10.3. The van der Waals surface area contributed by atoms with E-state index in [9.17, 15) is 0 Å². The molecule has 1 aliphatic heterocycles. The van der Waals surface area contributed by atoms with Crippen LogP contribution in [0.15, 0.2) is 20.1 Å². The Bertz CT molecular complexity index is 787. The van der Waals surface area contributed by atoms with Crippen molar-refractivity contribution < 1.29 is 13.8 Å². The van der Waals surface area contributed by atoms with Gasteiger partial charge in [-0.3, -0.25) is 4.90 Å². The van der Waals surface area contributed by atoms with E-state index < -0.39 is 0 Å². The molecule has 0 amide bonds. The number of nitrogens with zero attached hydrogens (tertiary/aromatic N) is 6. The predicted molar refractivity (Wildman–Crippen MR) is 123 cm³/mol. The van der Waals surface area contributed by atoms with Crippen molar-refractivity contribution in [1.82, 2.24) is 30.4 Å². The summed E-state index contributed by atoms with van der Waals surface area (Å²) in [6.45, 7) is 14.0. The van der Waals surface area contributed by atoms with Crippen molar-refractivity contribution in [1.29, 1.82) is 0 Å². The maximum absolute atomic E-state index is 5.50. The van der Waals surface area contributed by atoms with Gasteiger partial charge >= 0.3 is 0 Å². The fourth-order valence-electron chi connectivity index (χ4n) is 3.23. The second-order valence-electron chi connectivity index (χ2n) is 7.01. The maximum Gasteiger partial charge on any atom is 0.248 e. The molecule has 0 bridgehead atoms. The van der Waals surface area contributed by atoms with Crippen LogP contribution < -0.4 is 5.32 Å². The normalized spacial score (nSPS) is 16.4. The van der Waals surface area contributed by atoms with E-state index in [0.29, 0.717) is 24.9 Å². The Kier molecular flexibility index (Phi) is 9.98. The molecule has 1 N–H and O–H groups in total. The molecule has 30 heavy (non-hydrogen) atoms. The van der Waals surface area contributed by atoms with Crippen LogP contribution in [-0.2, 0) is 17.8 Å². The van der Waals surface area contributed by atoms with Gasteiger partial charge in [-0.25, -0.2) is 4.99 Å².